The van der Waals surface area contributed by atoms with E-state index in [9.17, 15) is 9.90 Å². The van der Waals surface area contributed by atoms with Crippen LogP contribution in [0.15, 0.2) is 23.8 Å². The molecule has 3 heterocycles. The second kappa shape index (κ2) is 4.52. The number of ether oxygens (including phenoxy) is 3. The number of rotatable bonds is 2. The summed E-state index contributed by atoms with van der Waals surface area (Å²) in [6.07, 6.45) is 2.05. The van der Waals surface area contributed by atoms with Gasteiger partial charge in [-0.3, -0.25) is 4.79 Å². The Morgan fingerprint density at radius 2 is 2.04 bits per heavy atom. The lowest BCUT2D eigenvalue weighted by Gasteiger charge is -2.48. The van der Waals surface area contributed by atoms with Crippen molar-refractivity contribution in [2.45, 2.75) is 36.7 Å². The molecule has 1 saturated heterocycles. The molecule has 3 aliphatic heterocycles. The van der Waals surface area contributed by atoms with Gasteiger partial charge in [-0.2, -0.15) is 0 Å². The highest BCUT2D eigenvalue weighted by Gasteiger charge is 2.65. The normalized spacial score (nSPS) is 35.5. The van der Waals surface area contributed by atoms with Crippen LogP contribution in [0.2, 0.25) is 0 Å². The fourth-order valence-electron chi connectivity index (χ4n) is 4.76. The molecule has 24 heavy (non-hydrogen) atoms. The van der Waals surface area contributed by atoms with E-state index in [0.717, 1.165) is 23.1 Å². The fraction of sp³-hybridized carbons (Fsp3) is 0.500. The summed E-state index contributed by atoms with van der Waals surface area (Å²) in [4.78, 5) is 14.5. The molecule has 1 aromatic rings. The van der Waals surface area contributed by atoms with E-state index in [4.69, 9.17) is 14.2 Å². The Labute approximate surface area is 139 Å². The molecular weight excluding hydrogens is 310 g/mol. The zero-order chi connectivity index (χ0) is 16.6. The van der Waals surface area contributed by atoms with Crippen LogP contribution in [0, 0.1) is 0 Å². The Bertz CT molecular complexity index is 788. The van der Waals surface area contributed by atoms with Gasteiger partial charge < -0.3 is 24.2 Å². The molecule has 6 nitrogen and oxygen atoms in total. The van der Waals surface area contributed by atoms with E-state index in [0.29, 0.717) is 24.5 Å². The van der Waals surface area contributed by atoms with Crippen LogP contribution in [0.5, 0.6) is 11.5 Å². The molecule has 1 aromatic carbocycles. The number of amides is 1. The van der Waals surface area contributed by atoms with Crippen molar-refractivity contribution in [1.82, 2.24) is 4.90 Å². The van der Waals surface area contributed by atoms with E-state index in [1.54, 1.807) is 20.3 Å². The van der Waals surface area contributed by atoms with Gasteiger partial charge in [0.15, 0.2) is 11.5 Å². The number of hydrogen-bond donors (Lipinski definition) is 1. The van der Waals surface area contributed by atoms with Crippen molar-refractivity contribution in [3.8, 4) is 11.5 Å². The zero-order valence-corrected chi connectivity index (χ0v) is 13.6. The van der Waals surface area contributed by atoms with Crippen molar-refractivity contribution >= 4 is 5.91 Å². The van der Waals surface area contributed by atoms with E-state index >= 15 is 0 Å². The van der Waals surface area contributed by atoms with E-state index in [-0.39, 0.29) is 18.1 Å². The molecule has 1 spiro atoms. The van der Waals surface area contributed by atoms with Crippen LogP contribution in [0.3, 0.4) is 0 Å². The molecule has 1 saturated carbocycles. The van der Waals surface area contributed by atoms with E-state index < -0.39 is 11.6 Å². The molecule has 5 rings (SSSR count). The molecule has 4 atom stereocenters. The van der Waals surface area contributed by atoms with Crippen LogP contribution in [-0.4, -0.2) is 55.0 Å². The Kier molecular flexibility index (Phi) is 2.69. The third-order valence-electron chi connectivity index (χ3n) is 5.86. The second-order valence-corrected chi connectivity index (χ2v) is 6.86. The monoisotopic (exact) mass is 329 g/mol. The number of aliphatic hydroxyl groups is 1. The van der Waals surface area contributed by atoms with Crippen LogP contribution >= 0.6 is 0 Å². The lowest BCUT2D eigenvalue weighted by molar-refractivity contribution is -0.131. The topological polar surface area (TPSA) is 71.5 Å². The smallest absolute Gasteiger partial charge is 0.247 e. The van der Waals surface area contributed by atoms with Gasteiger partial charge in [0.25, 0.3) is 0 Å². The Hall–Kier alpha value is -2.05. The number of benzene rings is 1. The zero-order valence-electron chi connectivity index (χ0n) is 13.6. The fourth-order valence-corrected chi connectivity index (χ4v) is 4.76. The predicted molar refractivity (Wildman–Crippen MR) is 84.0 cm³/mol. The molecule has 1 amide bonds. The highest BCUT2D eigenvalue weighted by molar-refractivity contribution is 5.94. The predicted octanol–water partition coefficient (Wildman–Crippen LogP) is 0.756. The first-order valence-corrected chi connectivity index (χ1v) is 8.22. The highest BCUT2D eigenvalue weighted by Crippen LogP contribution is 2.58. The van der Waals surface area contributed by atoms with Gasteiger partial charge in [-0.1, -0.05) is 0 Å². The molecule has 0 bridgehead atoms. The summed E-state index contributed by atoms with van der Waals surface area (Å²) in [7, 11) is 3.23. The quantitative estimate of drug-likeness (QED) is 0.811. The summed E-state index contributed by atoms with van der Waals surface area (Å²) in [5.74, 6) is 1.33. The van der Waals surface area contributed by atoms with Gasteiger partial charge in [0.1, 0.15) is 12.2 Å². The van der Waals surface area contributed by atoms with Crippen molar-refractivity contribution < 1.29 is 24.1 Å². The molecule has 1 aliphatic carbocycles. The number of hydrogen-bond acceptors (Lipinski definition) is 5. The lowest BCUT2D eigenvalue weighted by atomic mass is 9.69. The Balaban J connectivity index is 1.74. The Morgan fingerprint density at radius 1 is 1.29 bits per heavy atom. The number of epoxide rings is 1. The minimum atomic E-state index is -0.610. The molecular formula is C18H19NO5. The van der Waals surface area contributed by atoms with E-state index in [1.807, 2.05) is 17.0 Å². The lowest BCUT2D eigenvalue weighted by Crippen LogP contribution is -2.55. The summed E-state index contributed by atoms with van der Waals surface area (Å²) in [5, 5.41) is 10.5. The van der Waals surface area contributed by atoms with Crippen molar-refractivity contribution in [3.63, 3.8) is 0 Å². The van der Waals surface area contributed by atoms with Crippen molar-refractivity contribution in [2.24, 2.45) is 0 Å². The number of methoxy groups -OCH3 is 2. The van der Waals surface area contributed by atoms with Gasteiger partial charge in [-0.15, -0.1) is 0 Å². The summed E-state index contributed by atoms with van der Waals surface area (Å²) in [6, 6.07) is 3.95. The minimum Gasteiger partial charge on any atom is -0.493 e. The molecule has 6 heteroatoms. The van der Waals surface area contributed by atoms with Gasteiger partial charge in [-0.25, -0.2) is 0 Å². The number of fused-ring (bicyclic) bond motifs is 3. The van der Waals surface area contributed by atoms with Gasteiger partial charge >= 0.3 is 0 Å². The maximum Gasteiger partial charge on any atom is 0.247 e. The number of carbonyl (C=O) groups is 1. The minimum absolute atomic E-state index is 0.00813. The van der Waals surface area contributed by atoms with E-state index in [2.05, 4.69) is 0 Å². The van der Waals surface area contributed by atoms with Gasteiger partial charge in [-0.05, 0) is 35.3 Å². The van der Waals surface area contributed by atoms with Gasteiger partial charge in [0.05, 0.1) is 25.9 Å². The summed E-state index contributed by atoms with van der Waals surface area (Å²) >= 11 is 0. The average Bonchev–Trinajstić information content (AvgIpc) is 3.33. The SMILES string of the molecule is COc1cc2c(cc1OC)[C@]13C[C@H](O)[C@H]4O[C@H]4C1=CC(=O)N3CC2. The average molecular weight is 329 g/mol. The van der Waals surface area contributed by atoms with Gasteiger partial charge in [0.2, 0.25) is 5.91 Å². The molecule has 0 aromatic heterocycles. The molecule has 0 radical (unpaired) electrons. The first kappa shape index (κ1) is 14.3. The maximum absolute atomic E-state index is 12.6. The highest BCUT2D eigenvalue weighted by atomic mass is 16.6. The third kappa shape index (κ3) is 1.55. The van der Waals surface area contributed by atoms with Crippen molar-refractivity contribution in [2.75, 3.05) is 20.8 Å². The van der Waals surface area contributed by atoms with Crippen LogP contribution in [0.1, 0.15) is 17.5 Å². The molecule has 4 aliphatic rings. The molecule has 2 fully saturated rings. The van der Waals surface area contributed by atoms with Crippen LogP contribution in [0.25, 0.3) is 0 Å². The van der Waals surface area contributed by atoms with Crippen LogP contribution < -0.4 is 9.47 Å². The number of carbonyl (C=O) groups excluding carboxylic acids is 1. The Morgan fingerprint density at radius 3 is 2.79 bits per heavy atom. The number of nitrogens with zero attached hydrogens (tertiary/aromatic N) is 1. The summed E-state index contributed by atoms with van der Waals surface area (Å²) < 4.78 is 16.6. The maximum atomic E-state index is 12.6. The standard InChI is InChI=1S/C18H19NO5/c1-22-13-5-9-3-4-19-15(21)7-11-16-17(24-16)12(20)8-18(11,19)10(9)6-14(13)23-2/h5-7,12,16-17,20H,3-4,8H2,1-2H3/t12-,16-,17+,18+/m0/s1. The van der Waals surface area contributed by atoms with E-state index in [1.165, 1.54) is 0 Å². The first-order chi connectivity index (χ1) is 11.6. The molecule has 1 N–H and O–H groups in total. The third-order valence-corrected chi connectivity index (χ3v) is 5.86. The largest absolute Gasteiger partial charge is 0.493 e. The molecule has 0 unspecified atom stereocenters. The second-order valence-electron chi connectivity index (χ2n) is 6.86. The number of aliphatic hydroxyl groups excluding tert-OH is 1. The first-order valence-electron chi connectivity index (χ1n) is 8.22. The molecule has 126 valence electrons. The van der Waals surface area contributed by atoms with Crippen molar-refractivity contribution in [1.29, 1.82) is 0 Å². The van der Waals surface area contributed by atoms with Gasteiger partial charge in [0, 0.05) is 19.0 Å². The van der Waals surface area contributed by atoms with Crippen molar-refractivity contribution in [3.05, 3.63) is 34.9 Å². The van der Waals surface area contributed by atoms with Crippen LogP contribution in [0.4, 0.5) is 0 Å². The van der Waals surface area contributed by atoms with Crippen LogP contribution in [-0.2, 0) is 21.5 Å². The summed E-state index contributed by atoms with van der Waals surface area (Å²) in [5.41, 5.74) is 2.53. The summed E-state index contributed by atoms with van der Waals surface area (Å²) in [6.45, 7) is 0.630.